The van der Waals surface area contributed by atoms with Crippen molar-refractivity contribution in [3.05, 3.63) is 0 Å². The third-order valence-corrected chi connectivity index (χ3v) is 7.05. The van der Waals surface area contributed by atoms with Gasteiger partial charge in [-0.3, -0.25) is 0 Å². The third-order valence-electron chi connectivity index (χ3n) is 7.05. The highest BCUT2D eigenvalue weighted by atomic mass is 16.5. The Morgan fingerprint density at radius 3 is 2.46 bits per heavy atom. The lowest BCUT2D eigenvalue weighted by atomic mass is 9.70. The van der Waals surface area contributed by atoms with Gasteiger partial charge in [-0.05, 0) is 42.4 Å². The van der Waals surface area contributed by atoms with Crippen molar-refractivity contribution < 1.29 is 18.8 Å². The predicted molar refractivity (Wildman–Crippen MR) is 96.7 cm³/mol. The first kappa shape index (κ1) is 19.7. The molecule has 3 atom stereocenters. The monoisotopic (exact) mass is 340 g/mol. The van der Waals surface area contributed by atoms with Gasteiger partial charge in [0.1, 0.15) is 6.54 Å². The van der Waals surface area contributed by atoms with E-state index in [0.717, 1.165) is 31.9 Å². The quantitative estimate of drug-likeness (QED) is 0.365. The van der Waals surface area contributed by atoms with Crippen LogP contribution in [0.1, 0.15) is 59.8 Å². The SMILES string of the molecule is CCCCOC(=O)C[N+](C)(C)CCO[C@H]1C[C@H]2CC[C@@]1(C)C2(C)C. The maximum atomic E-state index is 11.9. The third kappa shape index (κ3) is 3.96. The molecule has 0 radical (unpaired) electrons. The van der Waals surface area contributed by atoms with Gasteiger partial charge in [0.15, 0.2) is 6.54 Å². The van der Waals surface area contributed by atoms with Gasteiger partial charge >= 0.3 is 5.97 Å². The zero-order valence-electron chi connectivity index (χ0n) is 16.7. The fourth-order valence-electron chi connectivity index (χ4n) is 4.63. The summed E-state index contributed by atoms with van der Waals surface area (Å²) in [6, 6.07) is 0. The lowest BCUT2D eigenvalue weighted by Crippen LogP contribution is -2.47. The lowest BCUT2D eigenvalue weighted by molar-refractivity contribution is -0.883. The number of nitrogens with zero attached hydrogens (tertiary/aromatic N) is 1. The molecular formula is C20H38NO3+. The van der Waals surface area contributed by atoms with Crippen molar-refractivity contribution in [2.45, 2.75) is 65.9 Å². The standard InChI is InChI=1S/C20H38NO3/c1-7-8-12-24-18(22)15-21(5,6)11-13-23-17-14-16-9-10-20(17,4)19(16,2)3/h16-17H,7-15H2,1-6H3/q+1/t16-,17+,20-/m1/s1. The van der Waals surface area contributed by atoms with Crippen LogP contribution in [0.25, 0.3) is 0 Å². The Morgan fingerprint density at radius 2 is 1.92 bits per heavy atom. The van der Waals surface area contributed by atoms with E-state index in [-0.39, 0.29) is 5.97 Å². The molecule has 0 aromatic heterocycles. The first-order valence-corrected chi connectivity index (χ1v) is 9.71. The molecule has 2 rings (SSSR count). The van der Waals surface area contributed by atoms with E-state index in [9.17, 15) is 4.79 Å². The number of quaternary nitrogens is 1. The molecule has 0 aromatic carbocycles. The summed E-state index contributed by atoms with van der Waals surface area (Å²) in [6.07, 6.45) is 6.22. The molecule has 24 heavy (non-hydrogen) atoms. The Bertz CT molecular complexity index is 446. The first-order chi connectivity index (χ1) is 11.1. The van der Waals surface area contributed by atoms with Crippen LogP contribution in [0.2, 0.25) is 0 Å². The predicted octanol–water partition coefficient (Wildman–Crippen LogP) is 3.64. The van der Waals surface area contributed by atoms with Gasteiger partial charge in [0.05, 0.1) is 33.4 Å². The summed E-state index contributed by atoms with van der Waals surface area (Å²) in [5.74, 6) is 0.713. The first-order valence-electron chi connectivity index (χ1n) is 9.71. The van der Waals surface area contributed by atoms with Crippen molar-refractivity contribution in [3.63, 3.8) is 0 Å². The van der Waals surface area contributed by atoms with E-state index < -0.39 is 0 Å². The Morgan fingerprint density at radius 1 is 1.21 bits per heavy atom. The van der Waals surface area contributed by atoms with Gasteiger partial charge in [0.2, 0.25) is 0 Å². The fraction of sp³-hybridized carbons (Fsp3) is 0.950. The molecule has 0 heterocycles. The second-order valence-corrected chi connectivity index (χ2v) is 9.36. The molecule has 4 heteroatoms. The summed E-state index contributed by atoms with van der Waals surface area (Å²) < 4.78 is 12.2. The van der Waals surface area contributed by atoms with E-state index in [1.807, 2.05) is 0 Å². The summed E-state index contributed by atoms with van der Waals surface area (Å²) in [4.78, 5) is 11.9. The van der Waals surface area contributed by atoms with Gasteiger partial charge in [-0.15, -0.1) is 0 Å². The van der Waals surface area contributed by atoms with Crippen LogP contribution in [0.3, 0.4) is 0 Å². The zero-order chi connectivity index (χ0) is 18.0. The highest BCUT2D eigenvalue weighted by Gasteiger charge is 2.61. The number of carbonyl (C=O) groups excluding carboxylic acids is 1. The summed E-state index contributed by atoms with van der Waals surface area (Å²) >= 11 is 0. The number of fused-ring (bicyclic) bond motifs is 2. The van der Waals surface area contributed by atoms with Crippen LogP contribution in [0.5, 0.6) is 0 Å². The minimum Gasteiger partial charge on any atom is -0.462 e. The Kier molecular flexibility index (Phi) is 6.02. The van der Waals surface area contributed by atoms with Crippen LogP contribution in [0, 0.1) is 16.7 Å². The largest absolute Gasteiger partial charge is 0.462 e. The number of rotatable bonds is 9. The van der Waals surface area contributed by atoms with Gasteiger partial charge in [-0.1, -0.05) is 34.1 Å². The average molecular weight is 341 g/mol. The molecule has 2 saturated carbocycles. The van der Waals surface area contributed by atoms with E-state index in [1.54, 1.807) is 0 Å². The molecule has 0 N–H and O–H groups in total. The van der Waals surface area contributed by atoms with Crippen LogP contribution in [-0.2, 0) is 14.3 Å². The number of ether oxygens (including phenoxy) is 2. The molecule has 4 nitrogen and oxygen atoms in total. The van der Waals surface area contributed by atoms with E-state index in [0.29, 0.717) is 34.6 Å². The maximum Gasteiger partial charge on any atom is 0.361 e. The molecule has 2 fully saturated rings. The maximum absolute atomic E-state index is 11.9. The topological polar surface area (TPSA) is 35.5 Å². The minimum absolute atomic E-state index is 0.0959. The Hall–Kier alpha value is -0.610. The normalized spacial score (nSPS) is 31.4. The van der Waals surface area contributed by atoms with Gasteiger partial charge in [0, 0.05) is 0 Å². The molecule has 0 aromatic rings. The number of unbranched alkanes of at least 4 members (excludes halogenated alkanes) is 1. The van der Waals surface area contributed by atoms with Crippen LogP contribution in [0.15, 0.2) is 0 Å². The lowest BCUT2D eigenvalue weighted by Gasteiger charge is -2.39. The molecule has 0 aliphatic heterocycles. The number of likely N-dealkylation sites (N-methyl/N-ethyl adjacent to an activating group) is 1. The number of hydrogen-bond acceptors (Lipinski definition) is 3. The summed E-state index contributed by atoms with van der Waals surface area (Å²) in [6.45, 7) is 11.9. The molecule has 0 amide bonds. The molecule has 0 spiro atoms. The fourth-order valence-corrected chi connectivity index (χ4v) is 4.63. The molecule has 140 valence electrons. The number of carbonyl (C=O) groups is 1. The van der Waals surface area contributed by atoms with Crippen molar-refractivity contribution in [1.29, 1.82) is 0 Å². The average Bonchev–Trinajstić information content (AvgIpc) is 2.80. The van der Waals surface area contributed by atoms with E-state index >= 15 is 0 Å². The second-order valence-electron chi connectivity index (χ2n) is 9.36. The summed E-state index contributed by atoms with van der Waals surface area (Å²) in [5, 5.41) is 0. The van der Waals surface area contributed by atoms with E-state index in [1.165, 1.54) is 19.3 Å². The van der Waals surface area contributed by atoms with Crippen LogP contribution in [0.4, 0.5) is 0 Å². The van der Waals surface area contributed by atoms with Crippen molar-refractivity contribution in [3.8, 4) is 0 Å². The zero-order valence-corrected chi connectivity index (χ0v) is 16.7. The smallest absolute Gasteiger partial charge is 0.361 e. The van der Waals surface area contributed by atoms with Crippen LogP contribution in [-0.4, -0.2) is 57.0 Å². The minimum atomic E-state index is -0.0959. The van der Waals surface area contributed by atoms with Crippen LogP contribution < -0.4 is 0 Å². The molecule has 2 aliphatic carbocycles. The van der Waals surface area contributed by atoms with Gasteiger partial charge in [-0.25, -0.2) is 4.79 Å². The summed E-state index contributed by atoms with van der Waals surface area (Å²) in [7, 11) is 4.16. The van der Waals surface area contributed by atoms with Crippen molar-refractivity contribution >= 4 is 5.97 Å². The van der Waals surface area contributed by atoms with Crippen molar-refractivity contribution in [1.82, 2.24) is 0 Å². The molecule has 2 bridgehead atoms. The highest BCUT2D eigenvalue weighted by molar-refractivity contribution is 5.70. The second kappa shape index (κ2) is 7.33. The van der Waals surface area contributed by atoms with Gasteiger partial charge in [0.25, 0.3) is 0 Å². The Labute approximate surface area is 148 Å². The Balaban J connectivity index is 1.74. The molecular weight excluding hydrogens is 302 g/mol. The van der Waals surface area contributed by atoms with E-state index in [4.69, 9.17) is 9.47 Å². The van der Waals surface area contributed by atoms with E-state index in [2.05, 4.69) is 41.8 Å². The van der Waals surface area contributed by atoms with Crippen LogP contribution >= 0.6 is 0 Å². The highest BCUT2D eigenvalue weighted by Crippen LogP contribution is 2.66. The number of esters is 1. The molecule has 0 saturated heterocycles. The van der Waals surface area contributed by atoms with Gasteiger partial charge < -0.3 is 14.0 Å². The van der Waals surface area contributed by atoms with Gasteiger partial charge in [-0.2, -0.15) is 0 Å². The van der Waals surface area contributed by atoms with Crippen molar-refractivity contribution in [2.75, 3.05) is 40.4 Å². The number of hydrogen-bond donors (Lipinski definition) is 0. The summed E-state index contributed by atoms with van der Waals surface area (Å²) in [5.41, 5.74) is 0.707. The van der Waals surface area contributed by atoms with Crippen molar-refractivity contribution in [2.24, 2.45) is 16.7 Å². The molecule has 2 aliphatic rings. The molecule has 0 unspecified atom stereocenters.